The Bertz CT molecular complexity index is 332. The van der Waals surface area contributed by atoms with Crippen LogP contribution in [-0.4, -0.2) is 18.1 Å². The van der Waals surface area contributed by atoms with Crippen molar-refractivity contribution in [1.29, 1.82) is 0 Å². The molecule has 1 atom stereocenters. The van der Waals surface area contributed by atoms with Gasteiger partial charge in [-0.25, -0.2) is 0 Å². The highest BCUT2D eigenvalue weighted by Crippen LogP contribution is 2.14. The normalized spacial score (nSPS) is 20.6. The van der Waals surface area contributed by atoms with Crippen molar-refractivity contribution in [3.63, 3.8) is 0 Å². The molecule has 1 heterocycles. The van der Waals surface area contributed by atoms with Gasteiger partial charge in [-0.05, 0) is 5.56 Å². The Morgan fingerprint density at radius 3 is 2.77 bits per heavy atom. The Morgan fingerprint density at radius 2 is 2.15 bits per heavy atom. The molecule has 0 aromatic heterocycles. The van der Waals surface area contributed by atoms with Gasteiger partial charge >= 0.3 is 0 Å². The maximum Gasteiger partial charge on any atom is 0.187 e. The molecule has 13 heavy (non-hydrogen) atoms. The molecule has 2 rings (SSSR count). The van der Waals surface area contributed by atoms with E-state index in [1.165, 1.54) is 0 Å². The van der Waals surface area contributed by atoms with Crippen molar-refractivity contribution in [1.82, 2.24) is 0 Å². The molecule has 0 spiro atoms. The van der Waals surface area contributed by atoms with E-state index in [9.17, 15) is 4.79 Å². The Labute approximate surface area is 76.0 Å². The number of hydrogen-bond donors (Lipinski definition) is 0. The number of oxime groups is 1. The van der Waals surface area contributed by atoms with Crippen LogP contribution in [0.25, 0.3) is 0 Å². The smallest absolute Gasteiger partial charge is 0.187 e. The number of nitrogens with zero attached hydrogens (tertiary/aromatic N) is 1. The molecule has 1 aliphatic rings. The first-order valence-electron chi connectivity index (χ1n) is 4.13. The van der Waals surface area contributed by atoms with E-state index in [0.717, 1.165) is 17.6 Å². The maximum absolute atomic E-state index is 10.4. The molecule has 3 heteroatoms. The second-order valence-electron chi connectivity index (χ2n) is 2.89. The lowest BCUT2D eigenvalue weighted by Crippen LogP contribution is -2.09. The molecule has 66 valence electrons. The summed E-state index contributed by atoms with van der Waals surface area (Å²) in [4.78, 5) is 15.3. The average Bonchev–Trinajstić information content (AvgIpc) is 2.67. The molecule has 0 radical (unpaired) electrons. The number of benzene rings is 1. The first kappa shape index (κ1) is 7.98. The molecule has 1 unspecified atom stereocenters. The number of rotatable bonds is 2. The highest BCUT2D eigenvalue weighted by Gasteiger charge is 2.20. The van der Waals surface area contributed by atoms with Gasteiger partial charge in [0.2, 0.25) is 0 Å². The zero-order chi connectivity index (χ0) is 9.10. The van der Waals surface area contributed by atoms with Gasteiger partial charge in [-0.3, -0.25) is 4.79 Å². The summed E-state index contributed by atoms with van der Waals surface area (Å²) >= 11 is 0. The van der Waals surface area contributed by atoms with Crippen molar-refractivity contribution in [2.45, 2.75) is 12.5 Å². The topological polar surface area (TPSA) is 38.7 Å². The molecule has 1 aliphatic heterocycles. The highest BCUT2D eigenvalue weighted by molar-refractivity contribution is 6.02. The van der Waals surface area contributed by atoms with Gasteiger partial charge in [-0.15, -0.1) is 0 Å². The van der Waals surface area contributed by atoms with Crippen molar-refractivity contribution in [2.24, 2.45) is 5.16 Å². The Hall–Kier alpha value is -1.64. The van der Waals surface area contributed by atoms with E-state index < -0.39 is 6.10 Å². The first-order valence-corrected chi connectivity index (χ1v) is 4.13. The summed E-state index contributed by atoms with van der Waals surface area (Å²) in [5.41, 5.74) is 1.87. The van der Waals surface area contributed by atoms with Crippen LogP contribution in [0.4, 0.5) is 0 Å². The van der Waals surface area contributed by atoms with Gasteiger partial charge in [0.15, 0.2) is 12.4 Å². The predicted molar refractivity (Wildman–Crippen MR) is 48.5 cm³/mol. The SMILES string of the molecule is O=CC1CC(c2ccccc2)=NO1. The van der Waals surface area contributed by atoms with Crippen LogP contribution in [0, 0.1) is 0 Å². The van der Waals surface area contributed by atoms with Gasteiger partial charge in [0.1, 0.15) is 0 Å². The molecule has 1 aromatic carbocycles. The van der Waals surface area contributed by atoms with Crippen LogP contribution in [0.15, 0.2) is 35.5 Å². The lowest BCUT2D eigenvalue weighted by molar-refractivity contribution is -0.116. The number of aldehydes is 1. The summed E-state index contributed by atoms with van der Waals surface area (Å²) in [5, 5.41) is 3.84. The van der Waals surface area contributed by atoms with E-state index in [1.807, 2.05) is 30.3 Å². The van der Waals surface area contributed by atoms with E-state index >= 15 is 0 Å². The van der Waals surface area contributed by atoms with Gasteiger partial charge in [0.25, 0.3) is 0 Å². The number of carbonyl (C=O) groups is 1. The minimum absolute atomic E-state index is 0.393. The summed E-state index contributed by atoms with van der Waals surface area (Å²) in [7, 11) is 0. The second kappa shape index (κ2) is 3.39. The number of carbonyl (C=O) groups excluding carboxylic acids is 1. The maximum atomic E-state index is 10.4. The zero-order valence-corrected chi connectivity index (χ0v) is 7.01. The fraction of sp³-hybridized carbons (Fsp3) is 0.200. The molecule has 0 bridgehead atoms. The van der Waals surface area contributed by atoms with Crippen molar-refractivity contribution in [3.05, 3.63) is 35.9 Å². The van der Waals surface area contributed by atoms with Crippen LogP contribution >= 0.6 is 0 Å². The van der Waals surface area contributed by atoms with Crippen molar-refractivity contribution >= 4 is 12.0 Å². The van der Waals surface area contributed by atoms with Crippen LogP contribution < -0.4 is 0 Å². The largest absolute Gasteiger partial charge is 0.384 e. The summed E-state index contributed by atoms with van der Waals surface area (Å²) < 4.78 is 0. The first-order chi connectivity index (χ1) is 6.40. The fourth-order valence-corrected chi connectivity index (χ4v) is 1.27. The molecular weight excluding hydrogens is 166 g/mol. The van der Waals surface area contributed by atoms with Crippen LogP contribution in [0.2, 0.25) is 0 Å². The number of hydrogen-bond acceptors (Lipinski definition) is 3. The summed E-state index contributed by atoms with van der Waals surface area (Å²) in [6.45, 7) is 0. The van der Waals surface area contributed by atoms with E-state index in [-0.39, 0.29) is 0 Å². The monoisotopic (exact) mass is 175 g/mol. The summed E-state index contributed by atoms with van der Waals surface area (Å²) in [6, 6.07) is 9.72. The Balaban J connectivity index is 2.17. The molecule has 3 nitrogen and oxygen atoms in total. The summed E-state index contributed by atoms with van der Waals surface area (Å²) in [5.74, 6) is 0. The van der Waals surface area contributed by atoms with Gasteiger partial charge in [-0.2, -0.15) is 0 Å². The fourth-order valence-electron chi connectivity index (χ4n) is 1.27. The highest BCUT2D eigenvalue weighted by atomic mass is 16.6. The van der Waals surface area contributed by atoms with Crippen LogP contribution in [0.3, 0.4) is 0 Å². The minimum atomic E-state index is -0.393. The molecule has 0 saturated heterocycles. The van der Waals surface area contributed by atoms with Crippen molar-refractivity contribution in [2.75, 3.05) is 0 Å². The molecule has 0 N–H and O–H groups in total. The van der Waals surface area contributed by atoms with Crippen molar-refractivity contribution < 1.29 is 9.63 Å². The molecule has 0 aliphatic carbocycles. The van der Waals surface area contributed by atoms with Gasteiger partial charge in [0, 0.05) is 6.42 Å². The Kier molecular flexibility index (Phi) is 2.08. The molecule has 0 fully saturated rings. The molecule has 0 amide bonds. The molecular formula is C10H9NO2. The van der Waals surface area contributed by atoms with Crippen molar-refractivity contribution in [3.8, 4) is 0 Å². The van der Waals surface area contributed by atoms with Crippen LogP contribution in [0.1, 0.15) is 12.0 Å². The lowest BCUT2D eigenvalue weighted by atomic mass is 10.1. The lowest BCUT2D eigenvalue weighted by Gasteiger charge is -1.96. The quantitative estimate of drug-likeness (QED) is 0.637. The van der Waals surface area contributed by atoms with E-state index in [2.05, 4.69) is 5.16 Å². The third-order valence-electron chi connectivity index (χ3n) is 1.95. The Morgan fingerprint density at radius 1 is 1.38 bits per heavy atom. The summed E-state index contributed by atoms with van der Waals surface area (Å²) in [6.07, 6.45) is 0.961. The second-order valence-corrected chi connectivity index (χ2v) is 2.89. The molecule has 1 aromatic rings. The van der Waals surface area contributed by atoms with Crippen LogP contribution in [0.5, 0.6) is 0 Å². The van der Waals surface area contributed by atoms with E-state index in [4.69, 9.17) is 4.84 Å². The van der Waals surface area contributed by atoms with E-state index in [0.29, 0.717) is 6.42 Å². The average molecular weight is 175 g/mol. The standard InChI is InChI=1S/C10H9NO2/c12-7-9-6-10(11-13-9)8-4-2-1-3-5-8/h1-5,7,9H,6H2. The molecule has 0 saturated carbocycles. The zero-order valence-electron chi connectivity index (χ0n) is 7.01. The van der Waals surface area contributed by atoms with E-state index in [1.54, 1.807) is 0 Å². The van der Waals surface area contributed by atoms with Gasteiger partial charge < -0.3 is 4.84 Å². The minimum Gasteiger partial charge on any atom is -0.384 e. The van der Waals surface area contributed by atoms with Crippen LogP contribution in [-0.2, 0) is 9.63 Å². The van der Waals surface area contributed by atoms with Gasteiger partial charge in [-0.1, -0.05) is 35.5 Å². The predicted octanol–water partition coefficient (Wildman–Crippen LogP) is 1.38. The third kappa shape index (κ3) is 1.59. The third-order valence-corrected chi connectivity index (χ3v) is 1.95. The van der Waals surface area contributed by atoms with Gasteiger partial charge in [0.05, 0.1) is 5.71 Å².